The number of thiophene rings is 1. The van der Waals surface area contributed by atoms with Crippen molar-refractivity contribution in [2.45, 2.75) is 32.1 Å². The molecule has 1 unspecified atom stereocenters. The maximum atomic E-state index is 9.97. The van der Waals surface area contributed by atoms with Crippen LogP contribution in [-0.2, 0) is 18.3 Å². The Bertz CT molecular complexity index is 558. The summed E-state index contributed by atoms with van der Waals surface area (Å²) < 4.78 is 0. The Morgan fingerprint density at radius 1 is 1.20 bits per heavy atom. The first kappa shape index (κ1) is 15.2. The van der Waals surface area contributed by atoms with Gasteiger partial charge in [0, 0.05) is 21.7 Å². The summed E-state index contributed by atoms with van der Waals surface area (Å²) in [6.07, 6.45) is 1.86. The molecule has 20 heavy (non-hydrogen) atoms. The minimum absolute atomic E-state index is 0.0757. The first-order chi connectivity index (χ1) is 9.63. The summed E-state index contributed by atoms with van der Waals surface area (Å²) in [4.78, 5) is 2.68. The SMILES string of the molecule is CCc1ccc(CC(CN)(CO)c2cccc(C)c2)s1. The van der Waals surface area contributed by atoms with Crippen LogP contribution in [0.3, 0.4) is 0 Å². The summed E-state index contributed by atoms with van der Waals surface area (Å²) in [5, 5.41) is 9.97. The van der Waals surface area contributed by atoms with Gasteiger partial charge >= 0.3 is 0 Å². The largest absolute Gasteiger partial charge is 0.395 e. The highest BCUT2D eigenvalue weighted by atomic mass is 32.1. The third kappa shape index (κ3) is 3.11. The summed E-state index contributed by atoms with van der Waals surface area (Å²) in [6.45, 7) is 4.76. The van der Waals surface area contributed by atoms with E-state index in [-0.39, 0.29) is 12.0 Å². The minimum Gasteiger partial charge on any atom is -0.395 e. The van der Waals surface area contributed by atoms with Crippen molar-refractivity contribution in [2.24, 2.45) is 5.73 Å². The molecule has 0 radical (unpaired) electrons. The number of rotatable bonds is 6. The molecule has 0 aliphatic rings. The molecule has 0 spiro atoms. The Hall–Kier alpha value is -1.16. The van der Waals surface area contributed by atoms with Gasteiger partial charge in [-0.05, 0) is 37.5 Å². The number of aliphatic hydroxyl groups excluding tert-OH is 1. The lowest BCUT2D eigenvalue weighted by Crippen LogP contribution is -2.40. The fourth-order valence-electron chi connectivity index (χ4n) is 2.52. The molecule has 2 rings (SSSR count). The van der Waals surface area contributed by atoms with Crippen LogP contribution in [0.2, 0.25) is 0 Å². The lowest BCUT2D eigenvalue weighted by molar-refractivity contribution is 0.196. The van der Waals surface area contributed by atoms with Gasteiger partial charge in [-0.1, -0.05) is 36.8 Å². The van der Waals surface area contributed by atoms with E-state index in [9.17, 15) is 5.11 Å². The van der Waals surface area contributed by atoms with Gasteiger partial charge in [0.1, 0.15) is 0 Å². The normalized spacial score (nSPS) is 14.2. The zero-order chi connectivity index (χ0) is 14.6. The quantitative estimate of drug-likeness (QED) is 0.858. The first-order valence-corrected chi connectivity index (χ1v) is 7.91. The second-order valence-electron chi connectivity index (χ2n) is 5.41. The minimum atomic E-state index is -0.373. The number of nitrogens with two attached hydrogens (primary N) is 1. The average molecular weight is 289 g/mol. The van der Waals surface area contributed by atoms with Crippen molar-refractivity contribution in [3.8, 4) is 0 Å². The van der Waals surface area contributed by atoms with Gasteiger partial charge in [0.15, 0.2) is 0 Å². The van der Waals surface area contributed by atoms with Gasteiger partial charge in [0.2, 0.25) is 0 Å². The molecule has 1 aromatic carbocycles. The third-order valence-electron chi connectivity index (χ3n) is 3.90. The van der Waals surface area contributed by atoms with E-state index in [1.807, 2.05) is 17.4 Å². The van der Waals surface area contributed by atoms with E-state index in [4.69, 9.17) is 5.73 Å². The first-order valence-electron chi connectivity index (χ1n) is 7.09. The second kappa shape index (κ2) is 6.53. The molecule has 0 saturated heterocycles. The number of aliphatic hydroxyl groups is 1. The van der Waals surface area contributed by atoms with Gasteiger partial charge in [-0.3, -0.25) is 0 Å². The zero-order valence-electron chi connectivity index (χ0n) is 12.2. The number of hydrogen-bond donors (Lipinski definition) is 2. The summed E-state index contributed by atoms with van der Waals surface area (Å²) >= 11 is 1.82. The molecule has 1 heterocycles. The van der Waals surface area contributed by atoms with Crippen molar-refractivity contribution in [3.05, 3.63) is 57.3 Å². The summed E-state index contributed by atoms with van der Waals surface area (Å²) in [6, 6.07) is 12.7. The maximum absolute atomic E-state index is 9.97. The molecule has 0 bridgehead atoms. The fraction of sp³-hybridized carbons (Fsp3) is 0.412. The van der Waals surface area contributed by atoms with E-state index in [2.05, 4.69) is 44.2 Å². The number of hydrogen-bond acceptors (Lipinski definition) is 3. The van der Waals surface area contributed by atoms with Crippen molar-refractivity contribution in [2.75, 3.05) is 13.2 Å². The van der Waals surface area contributed by atoms with E-state index < -0.39 is 0 Å². The van der Waals surface area contributed by atoms with E-state index in [1.54, 1.807) is 0 Å². The van der Waals surface area contributed by atoms with Crippen molar-refractivity contribution >= 4 is 11.3 Å². The topological polar surface area (TPSA) is 46.2 Å². The molecule has 3 heteroatoms. The van der Waals surface area contributed by atoms with Crippen LogP contribution in [0.15, 0.2) is 36.4 Å². The maximum Gasteiger partial charge on any atom is 0.0543 e. The lowest BCUT2D eigenvalue weighted by Gasteiger charge is -2.31. The highest BCUT2D eigenvalue weighted by molar-refractivity contribution is 7.12. The van der Waals surface area contributed by atoms with E-state index in [0.717, 1.165) is 18.4 Å². The van der Waals surface area contributed by atoms with Crippen LogP contribution in [0, 0.1) is 6.92 Å². The average Bonchev–Trinajstić information content (AvgIpc) is 2.92. The highest BCUT2D eigenvalue weighted by Gasteiger charge is 2.31. The van der Waals surface area contributed by atoms with Crippen LogP contribution in [-0.4, -0.2) is 18.3 Å². The molecule has 2 aromatic rings. The summed E-state index contributed by atoms with van der Waals surface area (Å²) in [5.74, 6) is 0. The molecule has 1 atom stereocenters. The van der Waals surface area contributed by atoms with Gasteiger partial charge in [0.25, 0.3) is 0 Å². The van der Waals surface area contributed by atoms with Crippen LogP contribution in [0.25, 0.3) is 0 Å². The molecule has 2 nitrogen and oxygen atoms in total. The van der Waals surface area contributed by atoms with Crippen LogP contribution in [0.4, 0.5) is 0 Å². The molecule has 108 valence electrons. The van der Waals surface area contributed by atoms with Crippen molar-refractivity contribution in [1.29, 1.82) is 0 Å². The van der Waals surface area contributed by atoms with Gasteiger partial charge < -0.3 is 10.8 Å². The summed E-state index contributed by atoms with van der Waals surface area (Å²) in [5.41, 5.74) is 8.00. The Balaban J connectivity index is 2.33. The van der Waals surface area contributed by atoms with E-state index in [0.29, 0.717) is 6.54 Å². The monoisotopic (exact) mass is 289 g/mol. The fourth-order valence-corrected chi connectivity index (χ4v) is 3.62. The van der Waals surface area contributed by atoms with Gasteiger partial charge in [-0.25, -0.2) is 0 Å². The Morgan fingerprint density at radius 2 is 1.95 bits per heavy atom. The van der Waals surface area contributed by atoms with Gasteiger partial charge in [-0.2, -0.15) is 0 Å². The van der Waals surface area contributed by atoms with Crippen LogP contribution >= 0.6 is 11.3 Å². The molecule has 0 amide bonds. The third-order valence-corrected chi connectivity index (χ3v) is 5.13. The van der Waals surface area contributed by atoms with E-state index in [1.165, 1.54) is 15.3 Å². The standard InChI is InChI=1S/C17H23NOS/c1-3-15-7-8-16(20-15)10-17(11-18,12-19)14-6-4-5-13(2)9-14/h4-9,19H,3,10-12,18H2,1-2H3. The number of benzene rings is 1. The molecule has 0 aliphatic heterocycles. The van der Waals surface area contributed by atoms with Crippen molar-refractivity contribution in [3.63, 3.8) is 0 Å². The summed E-state index contributed by atoms with van der Waals surface area (Å²) in [7, 11) is 0. The van der Waals surface area contributed by atoms with Crippen LogP contribution in [0.1, 0.15) is 27.8 Å². The van der Waals surface area contributed by atoms with Crippen LogP contribution in [0.5, 0.6) is 0 Å². The van der Waals surface area contributed by atoms with E-state index >= 15 is 0 Å². The van der Waals surface area contributed by atoms with Crippen LogP contribution < -0.4 is 5.73 Å². The number of aryl methyl sites for hydroxylation is 2. The van der Waals surface area contributed by atoms with Gasteiger partial charge in [0.05, 0.1) is 6.61 Å². The molecular weight excluding hydrogens is 266 g/mol. The highest BCUT2D eigenvalue weighted by Crippen LogP contribution is 2.31. The molecule has 0 saturated carbocycles. The predicted octanol–water partition coefficient (Wildman–Crippen LogP) is 3.05. The van der Waals surface area contributed by atoms with Gasteiger partial charge in [-0.15, -0.1) is 11.3 Å². The predicted molar refractivity (Wildman–Crippen MR) is 86.4 cm³/mol. The zero-order valence-corrected chi connectivity index (χ0v) is 13.0. The Morgan fingerprint density at radius 3 is 2.50 bits per heavy atom. The Kier molecular flexibility index (Phi) is 4.97. The van der Waals surface area contributed by atoms with Crippen molar-refractivity contribution in [1.82, 2.24) is 0 Å². The Labute approximate surface area is 125 Å². The smallest absolute Gasteiger partial charge is 0.0543 e. The van der Waals surface area contributed by atoms with Crippen molar-refractivity contribution < 1.29 is 5.11 Å². The lowest BCUT2D eigenvalue weighted by atomic mass is 9.77. The molecular formula is C17H23NOS. The molecule has 3 N–H and O–H groups in total. The molecule has 0 aliphatic carbocycles. The second-order valence-corrected chi connectivity index (χ2v) is 6.66. The molecule has 0 fully saturated rings. The molecule has 1 aromatic heterocycles.